The Morgan fingerprint density at radius 3 is 2.70 bits per heavy atom. The monoisotopic (exact) mass is 371 g/mol. The van der Waals surface area contributed by atoms with Gasteiger partial charge in [0.05, 0.1) is 12.9 Å². The van der Waals surface area contributed by atoms with Gasteiger partial charge in [-0.1, -0.05) is 29.3 Å². The molecule has 2 aromatic heterocycles. The number of nitrogens with zero attached hydrogens (tertiary/aromatic N) is 3. The van der Waals surface area contributed by atoms with Crippen LogP contribution in [-0.4, -0.2) is 19.5 Å². The zero-order chi connectivity index (χ0) is 14.3. The molecule has 0 fully saturated rings. The molecule has 20 heavy (non-hydrogen) atoms. The van der Waals surface area contributed by atoms with Crippen LogP contribution in [0.2, 0.25) is 10.0 Å². The number of halogens is 3. The highest BCUT2D eigenvalue weighted by molar-refractivity contribution is 9.10. The molecular formula is C12H8BrCl2N5. The molecule has 0 aliphatic heterocycles. The quantitative estimate of drug-likeness (QED) is 0.677. The number of nitrogens with one attached hydrogen (secondary N) is 2. The Kier molecular flexibility index (Phi) is 3.54. The molecule has 0 saturated heterocycles. The summed E-state index contributed by atoms with van der Waals surface area (Å²) in [4.78, 5) is 11.3. The van der Waals surface area contributed by atoms with Crippen LogP contribution < -0.4 is 5.49 Å². The van der Waals surface area contributed by atoms with E-state index in [-0.39, 0.29) is 5.49 Å². The van der Waals surface area contributed by atoms with Crippen molar-refractivity contribution in [2.24, 2.45) is 0 Å². The van der Waals surface area contributed by atoms with Gasteiger partial charge < -0.3 is 9.55 Å². The molecule has 0 aliphatic rings. The summed E-state index contributed by atoms with van der Waals surface area (Å²) in [6, 6.07) is 5.37. The average molecular weight is 373 g/mol. The van der Waals surface area contributed by atoms with E-state index in [1.165, 1.54) is 0 Å². The van der Waals surface area contributed by atoms with Crippen molar-refractivity contribution in [3.8, 4) is 0 Å². The highest BCUT2D eigenvalue weighted by Crippen LogP contribution is 2.25. The number of imidazole rings is 1. The van der Waals surface area contributed by atoms with E-state index in [1.54, 1.807) is 29.1 Å². The number of hydrogen-bond donors (Lipinski definition) is 2. The molecular weight excluding hydrogens is 365 g/mol. The minimum Gasteiger partial charge on any atom is -0.328 e. The molecule has 0 radical (unpaired) electrons. The Labute approximate surface area is 132 Å². The Morgan fingerprint density at radius 2 is 2.00 bits per heavy atom. The molecule has 5 nitrogen and oxygen atoms in total. The summed E-state index contributed by atoms with van der Waals surface area (Å²) < 4.78 is 2.34. The Hall–Kier alpha value is -1.37. The van der Waals surface area contributed by atoms with Crippen LogP contribution in [0.5, 0.6) is 0 Å². The number of rotatable bonds is 2. The van der Waals surface area contributed by atoms with Crippen molar-refractivity contribution >= 4 is 50.3 Å². The van der Waals surface area contributed by atoms with Gasteiger partial charge >= 0.3 is 0 Å². The average Bonchev–Trinajstić information content (AvgIpc) is 2.79. The van der Waals surface area contributed by atoms with Gasteiger partial charge in [-0.15, -0.1) is 0 Å². The molecule has 1 aromatic carbocycles. The Morgan fingerprint density at radius 1 is 1.30 bits per heavy atom. The van der Waals surface area contributed by atoms with Crippen LogP contribution in [0.25, 0.3) is 11.2 Å². The maximum absolute atomic E-state index is 7.77. The third-order valence-corrected chi connectivity index (χ3v) is 3.96. The van der Waals surface area contributed by atoms with Gasteiger partial charge in [-0.2, -0.15) is 0 Å². The number of aromatic nitrogens is 4. The van der Waals surface area contributed by atoms with Crippen molar-refractivity contribution in [1.29, 1.82) is 5.41 Å². The van der Waals surface area contributed by atoms with Crippen molar-refractivity contribution in [3.63, 3.8) is 0 Å². The molecule has 0 unspecified atom stereocenters. The zero-order valence-electron chi connectivity index (χ0n) is 9.99. The van der Waals surface area contributed by atoms with Gasteiger partial charge in [0.25, 0.3) is 0 Å². The van der Waals surface area contributed by atoms with Crippen molar-refractivity contribution in [3.05, 3.63) is 50.4 Å². The first-order valence-electron chi connectivity index (χ1n) is 5.64. The van der Waals surface area contributed by atoms with E-state index in [1.807, 2.05) is 0 Å². The van der Waals surface area contributed by atoms with Gasteiger partial charge in [0, 0.05) is 15.6 Å². The summed E-state index contributed by atoms with van der Waals surface area (Å²) in [7, 11) is 0. The van der Waals surface area contributed by atoms with Crippen LogP contribution in [0.15, 0.2) is 29.3 Å². The second-order valence-electron chi connectivity index (χ2n) is 4.15. The highest BCUT2D eigenvalue weighted by Gasteiger charge is 2.11. The van der Waals surface area contributed by atoms with Crippen LogP contribution in [0.4, 0.5) is 0 Å². The minimum atomic E-state index is 0.139. The van der Waals surface area contributed by atoms with E-state index in [0.717, 1.165) is 5.56 Å². The lowest BCUT2D eigenvalue weighted by Crippen LogP contribution is -2.13. The lowest BCUT2D eigenvalue weighted by Gasteiger charge is -2.10. The second-order valence-corrected chi connectivity index (χ2v) is 5.71. The molecule has 0 aliphatic carbocycles. The van der Waals surface area contributed by atoms with Crippen LogP contribution in [-0.2, 0) is 6.54 Å². The molecule has 3 rings (SSSR count). The topological polar surface area (TPSA) is 70.3 Å². The van der Waals surface area contributed by atoms with Crippen molar-refractivity contribution in [1.82, 2.24) is 19.5 Å². The highest BCUT2D eigenvalue weighted by atomic mass is 79.9. The van der Waals surface area contributed by atoms with Gasteiger partial charge in [0.2, 0.25) is 0 Å². The SMILES string of the molecule is N=c1ncn(Cc2c(Cl)cccc2Cl)c2nc(Br)[nH]c12. The zero-order valence-corrected chi connectivity index (χ0v) is 13.1. The number of hydrogen-bond acceptors (Lipinski definition) is 3. The fraction of sp³-hybridized carbons (Fsp3) is 0.0833. The predicted octanol–water partition coefficient (Wildman–Crippen LogP) is 3.36. The van der Waals surface area contributed by atoms with Crippen LogP contribution >= 0.6 is 39.1 Å². The first-order valence-corrected chi connectivity index (χ1v) is 7.19. The molecule has 3 aromatic rings. The summed E-state index contributed by atoms with van der Waals surface area (Å²) in [5.41, 5.74) is 2.11. The summed E-state index contributed by atoms with van der Waals surface area (Å²) in [6.45, 7) is 0.430. The van der Waals surface area contributed by atoms with E-state index in [4.69, 9.17) is 28.6 Å². The first kappa shape index (κ1) is 13.6. The molecule has 2 heterocycles. The van der Waals surface area contributed by atoms with Crippen LogP contribution in [0.1, 0.15) is 5.56 Å². The van der Waals surface area contributed by atoms with E-state index in [9.17, 15) is 0 Å². The number of fused-ring (bicyclic) bond motifs is 1. The molecule has 0 atom stereocenters. The van der Waals surface area contributed by atoms with E-state index in [2.05, 4.69) is 30.9 Å². The standard InChI is InChI=1S/C12H8BrCl2N5/c13-12-18-9-10(16)17-5-20(11(9)19-12)4-6-7(14)2-1-3-8(6)15/h1-3,5,16H,4H2,(H,18,19). The number of benzene rings is 1. The predicted molar refractivity (Wildman–Crippen MR) is 81.0 cm³/mol. The molecule has 2 N–H and O–H groups in total. The van der Waals surface area contributed by atoms with Gasteiger partial charge in [-0.25, -0.2) is 9.97 Å². The summed E-state index contributed by atoms with van der Waals surface area (Å²) in [5, 5.41) is 8.94. The number of aromatic amines is 1. The molecule has 0 bridgehead atoms. The van der Waals surface area contributed by atoms with Gasteiger partial charge in [0.15, 0.2) is 15.9 Å². The number of H-pyrrole nitrogens is 1. The van der Waals surface area contributed by atoms with Crippen LogP contribution in [0, 0.1) is 5.41 Å². The third-order valence-electron chi connectivity index (χ3n) is 2.88. The summed E-state index contributed by atoms with van der Waals surface area (Å²) in [6.07, 6.45) is 1.55. The van der Waals surface area contributed by atoms with Crippen molar-refractivity contribution in [2.45, 2.75) is 6.54 Å². The smallest absolute Gasteiger partial charge is 0.177 e. The Bertz CT molecular complexity index is 834. The van der Waals surface area contributed by atoms with Gasteiger partial charge in [-0.3, -0.25) is 5.41 Å². The van der Waals surface area contributed by atoms with Gasteiger partial charge in [-0.05, 0) is 28.1 Å². The van der Waals surface area contributed by atoms with Crippen LogP contribution in [0.3, 0.4) is 0 Å². The van der Waals surface area contributed by atoms with Crippen molar-refractivity contribution in [2.75, 3.05) is 0 Å². The van der Waals surface area contributed by atoms with E-state index >= 15 is 0 Å². The van der Waals surface area contributed by atoms with E-state index in [0.29, 0.717) is 32.5 Å². The first-order chi connectivity index (χ1) is 9.56. The minimum absolute atomic E-state index is 0.139. The maximum Gasteiger partial charge on any atom is 0.177 e. The molecule has 8 heteroatoms. The lowest BCUT2D eigenvalue weighted by atomic mass is 10.2. The van der Waals surface area contributed by atoms with Crippen molar-refractivity contribution < 1.29 is 0 Å². The molecule has 102 valence electrons. The largest absolute Gasteiger partial charge is 0.328 e. The molecule has 0 amide bonds. The third kappa shape index (κ3) is 2.34. The summed E-state index contributed by atoms with van der Waals surface area (Å²) in [5.74, 6) is 0. The molecule has 0 saturated carbocycles. The molecule has 0 spiro atoms. The fourth-order valence-corrected chi connectivity index (χ4v) is 2.81. The Balaban J connectivity index is 2.16. The second kappa shape index (κ2) is 5.20. The normalized spacial score (nSPS) is 11.2. The lowest BCUT2D eigenvalue weighted by molar-refractivity contribution is 0.783. The summed E-state index contributed by atoms with van der Waals surface area (Å²) >= 11 is 15.6. The fourth-order valence-electron chi connectivity index (χ4n) is 1.92. The van der Waals surface area contributed by atoms with Gasteiger partial charge in [0.1, 0.15) is 5.52 Å². The maximum atomic E-state index is 7.77. The van der Waals surface area contributed by atoms with E-state index < -0.39 is 0 Å².